The quantitative estimate of drug-likeness (QED) is 0.554. The predicted octanol–water partition coefficient (Wildman–Crippen LogP) is 5.81. The zero-order chi connectivity index (χ0) is 13.6. The molecule has 0 nitrogen and oxygen atoms in total. The van der Waals surface area contributed by atoms with Crippen molar-refractivity contribution in [1.82, 2.24) is 0 Å². The Labute approximate surface area is 113 Å². The number of hydrogen-bond donors (Lipinski definition) is 0. The van der Waals surface area contributed by atoms with E-state index in [2.05, 4.69) is 77.1 Å². The highest BCUT2D eigenvalue weighted by Crippen LogP contribution is 2.38. The molecule has 0 aliphatic rings. The zero-order valence-electron chi connectivity index (χ0n) is 12.6. The number of rotatable bonds is 6. The minimum atomic E-state index is 0.384. The van der Waals surface area contributed by atoms with E-state index in [0.29, 0.717) is 11.3 Å². The molecule has 0 bridgehead atoms. The molecule has 0 radical (unpaired) electrons. The summed E-state index contributed by atoms with van der Waals surface area (Å²) >= 11 is 0. The first kappa shape index (κ1) is 15.0. The summed E-state index contributed by atoms with van der Waals surface area (Å²) in [5.74, 6) is 1.36. The molecule has 0 heteroatoms. The Hall–Kier alpha value is -1.04. The molecule has 0 N–H and O–H groups in total. The van der Waals surface area contributed by atoms with Gasteiger partial charge < -0.3 is 0 Å². The largest absolute Gasteiger partial charge is 0.0917 e. The third-order valence-corrected chi connectivity index (χ3v) is 4.26. The van der Waals surface area contributed by atoms with Crippen molar-refractivity contribution in [2.75, 3.05) is 0 Å². The smallest absolute Gasteiger partial charge is 0.0185 e. The maximum absolute atomic E-state index is 2.40. The topological polar surface area (TPSA) is 0 Å². The maximum atomic E-state index is 2.40. The van der Waals surface area contributed by atoms with E-state index in [0.717, 1.165) is 5.92 Å². The monoisotopic (exact) mass is 244 g/mol. The second kappa shape index (κ2) is 6.78. The van der Waals surface area contributed by atoms with Gasteiger partial charge in [-0.2, -0.15) is 0 Å². The van der Waals surface area contributed by atoms with E-state index < -0.39 is 0 Å². The van der Waals surface area contributed by atoms with Gasteiger partial charge in [0.25, 0.3) is 0 Å². The summed E-state index contributed by atoms with van der Waals surface area (Å²) < 4.78 is 0. The van der Waals surface area contributed by atoms with E-state index in [1.807, 2.05) is 0 Å². The molecule has 1 rings (SSSR count). The van der Waals surface area contributed by atoms with Crippen LogP contribution in [0.4, 0.5) is 0 Å². The summed E-state index contributed by atoms with van der Waals surface area (Å²) in [6.07, 6.45) is 6.88. The Morgan fingerprint density at radius 3 is 2.28 bits per heavy atom. The van der Waals surface area contributed by atoms with Gasteiger partial charge in [-0.15, -0.1) is 0 Å². The van der Waals surface area contributed by atoms with E-state index in [1.165, 1.54) is 18.4 Å². The molecule has 100 valence electrons. The maximum Gasteiger partial charge on any atom is -0.0185 e. The summed E-state index contributed by atoms with van der Waals surface area (Å²) in [7, 11) is 0. The van der Waals surface area contributed by atoms with Crippen molar-refractivity contribution in [2.45, 2.75) is 53.4 Å². The standard InChI is InChI=1S/C18H28/c1-6-7-11-16(3)18(4,5)14-15(2)17-12-9-8-10-13-17/h6-10,12-13,15-16H,11,14H2,1-5H3/b7-6-. The summed E-state index contributed by atoms with van der Waals surface area (Å²) in [4.78, 5) is 0. The fraction of sp³-hybridized carbons (Fsp3) is 0.556. The third-order valence-electron chi connectivity index (χ3n) is 4.26. The lowest BCUT2D eigenvalue weighted by Crippen LogP contribution is -2.23. The van der Waals surface area contributed by atoms with Crippen molar-refractivity contribution in [3.8, 4) is 0 Å². The fourth-order valence-electron chi connectivity index (χ4n) is 2.55. The van der Waals surface area contributed by atoms with Crippen LogP contribution in [0.2, 0.25) is 0 Å². The first-order valence-electron chi connectivity index (χ1n) is 7.13. The highest BCUT2D eigenvalue weighted by atomic mass is 14.3. The molecule has 1 aromatic carbocycles. The van der Waals surface area contributed by atoms with Crippen molar-refractivity contribution in [3.63, 3.8) is 0 Å². The SMILES string of the molecule is C/C=C\CC(C)C(C)(C)CC(C)c1ccccc1. The van der Waals surface area contributed by atoms with Crippen LogP contribution in [0.5, 0.6) is 0 Å². The first-order chi connectivity index (χ1) is 8.47. The van der Waals surface area contributed by atoms with Gasteiger partial charge >= 0.3 is 0 Å². The van der Waals surface area contributed by atoms with Crippen molar-refractivity contribution in [2.24, 2.45) is 11.3 Å². The first-order valence-corrected chi connectivity index (χ1v) is 7.13. The fourth-order valence-corrected chi connectivity index (χ4v) is 2.55. The van der Waals surface area contributed by atoms with E-state index in [-0.39, 0.29) is 0 Å². The molecular weight excluding hydrogens is 216 g/mol. The molecule has 0 saturated carbocycles. The van der Waals surface area contributed by atoms with Crippen LogP contribution in [0.1, 0.15) is 58.9 Å². The Morgan fingerprint density at radius 2 is 1.72 bits per heavy atom. The lowest BCUT2D eigenvalue weighted by atomic mass is 9.71. The van der Waals surface area contributed by atoms with E-state index in [4.69, 9.17) is 0 Å². The normalized spacial score (nSPS) is 15.8. The molecule has 0 fully saturated rings. The van der Waals surface area contributed by atoms with Gasteiger partial charge in [-0.05, 0) is 42.6 Å². The van der Waals surface area contributed by atoms with E-state index in [1.54, 1.807) is 0 Å². The van der Waals surface area contributed by atoms with Crippen molar-refractivity contribution >= 4 is 0 Å². The van der Waals surface area contributed by atoms with Gasteiger partial charge in [-0.3, -0.25) is 0 Å². The Balaban J connectivity index is 2.64. The summed E-state index contributed by atoms with van der Waals surface area (Å²) in [5.41, 5.74) is 1.85. The lowest BCUT2D eigenvalue weighted by Gasteiger charge is -2.34. The minimum absolute atomic E-state index is 0.384. The van der Waals surface area contributed by atoms with Crippen molar-refractivity contribution < 1.29 is 0 Å². The molecule has 1 aromatic rings. The van der Waals surface area contributed by atoms with Gasteiger partial charge in [0.05, 0.1) is 0 Å². The van der Waals surface area contributed by atoms with Crippen LogP contribution in [0, 0.1) is 11.3 Å². The van der Waals surface area contributed by atoms with E-state index >= 15 is 0 Å². The van der Waals surface area contributed by atoms with Gasteiger partial charge in [0.15, 0.2) is 0 Å². The Bertz CT molecular complexity index is 359. The average Bonchev–Trinajstić information content (AvgIpc) is 2.36. The lowest BCUT2D eigenvalue weighted by molar-refractivity contribution is 0.200. The zero-order valence-corrected chi connectivity index (χ0v) is 12.6. The van der Waals surface area contributed by atoms with E-state index in [9.17, 15) is 0 Å². The van der Waals surface area contributed by atoms with Crippen LogP contribution in [0.25, 0.3) is 0 Å². The summed E-state index contributed by atoms with van der Waals surface area (Å²) in [5, 5.41) is 0. The molecule has 0 heterocycles. The summed E-state index contributed by atoms with van der Waals surface area (Å²) in [6, 6.07) is 10.9. The Morgan fingerprint density at radius 1 is 1.11 bits per heavy atom. The molecule has 0 spiro atoms. The molecule has 18 heavy (non-hydrogen) atoms. The van der Waals surface area contributed by atoms with Gasteiger partial charge in [-0.1, -0.05) is 70.2 Å². The number of benzene rings is 1. The highest BCUT2D eigenvalue weighted by Gasteiger charge is 2.27. The molecule has 0 saturated heterocycles. The number of hydrogen-bond acceptors (Lipinski definition) is 0. The second-order valence-corrected chi connectivity index (χ2v) is 6.21. The van der Waals surface area contributed by atoms with Gasteiger partial charge in [0.1, 0.15) is 0 Å². The number of allylic oxidation sites excluding steroid dienone is 2. The van der Waals surface area contributed by atoms with Crippen LogP contribution in [-0.4, -0.2) is 0 Å². The summed E-state index contributed by atoms with van der Waals surface area (Å²) in [6.45, 7) is 11.6. The van der Waals surface area contributed by atoms with Crippen LogP contribution < -0.4 is 0 Å². The molecule has 0 amide bonds. The van der Waals surface area contributed by atoms with Crippen molar-refractivity contribution in [1.29, 1.82) is 0 Å². The van der Waals surface area contributed by atoms with Crippen LogP contribution in [0.3, 0.4) is 0 Å². The third kappa shape index (κ3) is 4.33. The Kier molecular flexibility index (Phi) is 5.65. The van der Waals surface area contributed by atoms with Crippen molar-refractivity contribution in [3.05, 3.63) is 48.0 Å². The second-order valence-electron chi connectivity index (χ2n) is 6.21. The predicted molar refractivity (Wildman–Crippen MR) is 81.9 cm³/mol. The van der Waals surface area contributed by atoms with Gasteiger partial charge in [0.2, 0.25) is 0 Å². The molecule has 2 atom stereocenters. The molecule has 0 aromatic heterocycles. The van der Waals surface area contributed by atoms with Gasteiger partial charge in [0, 0.05) is 0 Å². The molecule has 2 unspecified atom stereocenters. The van der Waals surface area contributed by atoms with Gasteiger partial charge in [-0.25, -0.2) is 0 Å². The van der Waals surface area contributed by atoms with Crippen LogP contribution in [0.15, 0.2) is 42.5 Å². The van der Waals surface area contributed by atoms with Crippen LogP contribution in [-0.2, 0) is 0 Å². The molecule has 0 aliphatic carbocycles. The molecule has 0 aliphatic heterocycles. The average molecular weight is 244 g/mol. The molecular formula is C18H28. The van der Waals surface area contributed by atoms with Crippen LogP contribution >= 0.6 is 0 Å². The highest BCUT2D eigenvalue weighted by molar-refractivity contribution is 5.19. The minimum Gasteiger partial charge on any atom is -0.0917 e.